The van der Waals surface area contributed by atoms with Crippen LogP contribution in [0.2, 0.25) is 0 Å². The molecular weight excluding hydrogens is 270 g/mol. The third-order valence-corrected chi connectivity index (χ3v) is 3.11. The van der Waals surface area contributed by atoms with Gasteiger partial charge in [-0.05, 0) is 38.8 Å². The lowest BCUT2D eigenvalue weighted by Gasteiger charge is -2.30. The number of carbonyl (C=O) groups excluding carboxylic acids is 1. The average Bonchev–Trinajstić information content (AvgIpc) is 2.45. The second-order valence-corrected chi connectivity index (χ2v) is 5.49. The van der Waals surface area contributed by atoms with Crippen LogP contribution in [0.1, 0.15) is 26.3 Å². The third kappa shape index (κ3) is 5.02. The molecule has 0 heterocycles. The van der Waals surface area contributed by atoms with E-state index in [2.05, 4.69) is 5.32 Å². The molecule has 0 bridgehead atoms. The fraction of sp³-hybridized carbons (Fsp3) is 0.562. The molecule has 21 heavy (non-hydrogen) atoms. The van der Waals surface area contributed by atoms with Crippen molar-refractivity contribution in [2.24, 2.45) is 0 Å². The number of carbonyl (C=O) groups is 1. The zero-order chi connectivity index (χ0) is 15.9. The average molecular weight is 295 g/mol. The van der Waals surface area contributed by atoms with Crippen LogP contribution >= 0.6 is 0 Å². The summed E-state index contributed by atoms with van der Waals surface area (Å²) in [6.07, 6.45) is 0.517. The van der Waals surface area contributed by atoms with Gasteiger partial charge in [-0.15, -0.1) is 0 Å². The first kappa shape index (κ1) is 17.5. The molecule has 0 aromatic heterocycles. The number of esters is 1. The zero-order valence-corrected chi connectivity index (χ0v) is 13.2. The maximum absolute atomic E-state index is 12.0. The van der Waals surface area contributed by atoms with Crippen molar-refractivity contribution in [3.63, 3.8) is 0 Å². The maximum Gasteiger partial charge on any atom is 0.329 e. The summed E-state index contributed by atoms with van der Waals surface area (Å²) in [7, 11) is 1.36. The number of ether oxygens (including phenoxy) is 2. The van der Waals surface area contributed by atoms with E-state index in [1.165, 1.54) is 7.11 Å². The fourth-order valence-electron chi connectivity index (χ4n) is 2.22. The van der Waals surface area contributed by atoms with Crippen LogP contribution in [0.4, 0.5) is 0 Å². The molecule has 0 spiro atoms. The highest BCUT2D eigenvalue weighted by atomic mass is 16.5. The highest BCUT2D eigenvalue weighted by molar-refractivity contribution is 5.80. The molecule has 1 rings (SSSR count). The van der Waals surface area contributed by atoms with Crippen molar-refractivity contribution in [3.05, 3.63) is 29.8 Å². The Morgan fingerprint density at radius 1 is 1.38 bits per heavy atom. The molecule has 0 aliphatic rings. The smallest absolute Gasteiger partial charge is 0.329 e. The molecule has 5 heteroatoms. The Morgan fingerprint density at radius 2 is 2.05 bits per heavy atom. The van der Waals surface area contributed by atoms with Gasteiger partial charge in [-0.2, -0.15) is 0 Å². The van der Waals surface area contributed by atoms with Gasteiger partial charge in [-0.25, -0.2) is 4.79 Å². The maximum atomic E-state index is 12.0. The number of rotatable bonds is 8. The summed E-state index contributed by atoms with van der Waals surface area (Å²) in [5.74, 6) is 0.308. The van der Waals surface area contributed by atoms with Crippen LogP contribution in [0.5, 0.6) is 5.75 Å². The number of hydrogen-bond acceptors (Lipinski definition) is 5. The van der Waals surface area contributed by atoms with E-state index in [1.807, 2.05) is 38.1 Å². The highest BCUT2D eigenvalue weighted by Crippen LogP contribution is 2.20. The van der Waals surface area contributed by atoms with E-state index in [0.29, 0.717) is 12.2 Å². The number of methoxy groups -OCH3 is 1. The fourth-order valence-corrected chi connectivity index (χ4v) is 2.22. The molecule has 0 aliphatic carbocycles. The molecule has 0 radical (unpaired) electrons. The van der Waals surface area contributed by atoms with E-state index >= 15 is 0 Å². The van der Waals surface area contributed by atoms with E-state index in [0.717, 1.165) is 5.56 Å². The van der Waals surface area contributed by atoms with Gasteiger partial charge in [0.25, 0.3) is 0 Å². The lowest BCUT2D eigenvalue weighted by Crippen LogP contribution is -2.56. The molecule has 1 atom stereocenters. The Kier molecular flexibility index (Phi) is 6.65. The molecule has 1 unspecified atom stereocenters. The van der Waals surface area contributed by atoms with Crippen molar-refractivity contribution in [1.82, 2.24) is 5.32 Å². The molecule has 0 aliphatic heterocycles. The third-order valence-electron chi connectivity index (χ3n) is 3.11. The van der Waals surface area contributed by atoms with Crippen LogP contribution in [0.15, 0.2) is 24.3 Å². The molecule has 0 amide bonds. The van der Waals surface area contributed by atoms with Crippen molar-refractivity contribution in [3.8, 4) is 5.75 Å². The molecule has 0 saturated heterocycles. The molecule has 118 valence electrons. The van der Waals surface area contributed by atoms with Gasteiger partial charge in [0.05, 0.1) is 7.11 Å². The summed E-state index contributed by atoms with van der Waals surface area (Å²) >= 11 is 0. The topological polar surface area (TPSA) is 67.8 Å². The van der Waals surface area contributed by atoms with Crippen LogP contribution < -0.4 is 10.1 Å². The van der Waals surface area contributed by atoms with Crippen LogP contribution in [0.3, 0.4) is 0 Å². The van der Waals surface area contributed by atoms with Crippen molar-refractivity contribution < 1.29 is 19.4 Å². The van der Waals surface area contributed by atoms with Crippen LogP contribution in [0, 0.1) is 0 Å². The van der Waals surface area contributed by atoms with Gasteiger partial charge < -0.3 is 14.6 Å². The monoisotopic (exact) mass is 295 g/mol. The number of aliphatic hydroxyl groups excluding tert-OH is 1. The molecule has 1 aromatic rings. The summed E-state index contributed by atoms with van der Waals surface area (Å²) in [5, 5.41) is 12.3. The quantitative estimate of drug-likeness (QED) is 0.712. The Labute approximate surface area is 126 Å². The lowest BCUT2D eigenvalue weighted by molar-refractivity contribution is -0.149. The number of para-hydroxylation sites is 1. The van der Waals surface area contributed by atoms with Gasteiger partial charge in [0.15, 0.2) is 0 Å². The largest absolute Gasteiger partial charge is 0.491 e. The van der Waals surface area contributed by atoms with Crippen molar-refractivity contribution >= 4 is 5.97 Å². The van der Waals surface area contributed by atoms with Crippen molar-refractivity contribution in [2.45, 2.75) is 38.8 Å². The van der Waals surface area contributed by atoms with E-state index in [9.17, 15) is 4.79 Å². The molecule has 1 aromatic carbocycles. The normalized spacial score (nSPS) is 13.8. The summed E-state index contributed by atoms with van der Waals surface area (Å²) in [5.41, 5.74) is -0.00772. The number of benzene rings is 1. The first-order valence-electron chi connectivity index (χ1n) is 7.10. The van der Waals surface area contributed by atoms with Gasteiger partial charge in [-0.1, -0.05) is 18.2 Å². The van der Waals surface area contributed by atoms with Gasteiger partial charge in [0.1, 0.15) is 17.9 Å². The Bertz CT molecular complexity index is 461. The highest BCUT2D eigenvalue weighted by Gasteiger charge is 2.36. The predicted molar refractivity (Wildman–Crippen MR) is 81.4 cm³/mol. The minimum absolute atomic E-state index is 0.0545. The first-order chi connectivity index (χ1) is 9.92. The lowest BCUT2D eigenvalue weighted by atomic mass is 10.0. The standard InChI is InChI=1S/C16H25NO4/c1-12(2)17-16(3,15(19)20-4)11-21-14-8-6-5-7-13(14)9-10-18/h5-8,12,17-18H,9-11H2,1-4H3. The van der Waals surface area contributed by atoms with E-state index < -0.39 is 5.54 Å². The molecule has 0 saturated carbocycles. The number of aliphatic hydroxyl groups is 1. The van der Waals surface area contributed by atoms with Gasteiger partial charge >= 0.3 is 5.97 Å². The SMILES string of the molecule is COC(=O)C(C)(COc1ccccc1CCO)NC(C)C. The zero-order valence-electron chi connectivity index (χ0n) is 13.2. The summed E-state index contributed by atoms with van der Waals surface area (Å²) in [6, 6.07) is 7.60. The molecule has 5 nitrogen and oxygen atoms in total. The Morgan fingerprint density at radius 3 is 2.62 bits per heavy atom. The van der Waals surface area contributed by atoms with Crippen LogP contribution in [-0.2, 0) is 16.0 Å². The minimum Gasteiger partial charge on any atom is -0.491 e. The van der Waals surface area contributed by atoms with Gasteiger partial charge in [0.2, 0.25) is 0 Å². The van der Waals surface area contributed by atoms with E-state index in [4.69, 9.17) is 14.6 Å². The minimum atomic E-state index is -0.921. The second kappa shape index (κ2) is 8.00. The van der Waals surface area contributed by atoms with E-state index in [1.54, 1.807) is 6.92 Å². The first-order valence-corrected chi connectivity index (χ1v) is 7.10. The predicted octanol–water partition coefficient (Wildman–Crippen LogP) is 1.53. The number of nitrogens with one attached hydrogen (secondary N) is 1. The second-order valence-electron chi connectivity index (χ2n) is 5.49. The van der Waals surface area contributed by atoms with Crippen molar-refractivity contribution in [2.75, 3.05) is 20.3 Å². The van der Waals surface area contributed by atoms with Gasteiger partial charge in [-0.3, -0.25) is 5.32 Å². The summed E-state index contributed by atoms with van der Waals surface area (Å²) < 4.78 is 10.7. The van der Waals surface area contributed by atoms with Crippen LogP contribution in [-0.4, -0.2) is 43.0 Å². The summed E-state index contributed by atoms with van der Waals surface area (Å²) in [6.45, 7) is 5.88. The van der Waals surface area contributed by atoms with Gasteiger partial charge in [0, 0.05) is 12.6 Å². The summed E-state index contributed by atoms with van der Waals surface area (Å²) in [4.78, 5) is 12.0. The molecule has 0 fully saturated rings. The Hall–Kier alpha value is -1.59. The molecule has 2 N–H and O–H groups in total. The number of hydrogen-bond donors (Lipinski definition) is 2. The van der Waals surface area contributed by atoms with Crippen molar-refractivity contribution in [1.29, 1.82) is 0 Å². The Balaban J connectivity index is 2.84. The molecular formula is C16H25NO4. The van der Waals surface area contributed by atoms with E-state index in [-0.39, 0.29) is 25.2 Å². The van der Waals surface area contributed by atoms with Crippen LogP contribution in [0.25, 0.3) is 0 Å².